The third kappa shape index (κ3) is 4.27. The van der Waals surface area contributed by atoms with Gasteiger partial charge in [0.15, 0.2) is 0 Å². The zero-order valence-electron chi connectivity index (χ0n) is 8.59. The molecule has 0 atom stereocenters. The molecule has 1 rings (SSSR count). The second-order valence-electron chi connectivity index (χ2n) is 3.97. The molecule has 1 fully saturated rings. The Morgan fingerprint density at radius 3 is 2.79 bits per heavy atom. The van der Waals surface area contributed by atoms with E-state index in [9.17, 15) is 4.79 Å². The zero-order chi connectivity index (χ0) is 10.2. The molecule has 1 saturated carbocycles. The lowest BCUT2D eigenvalue weighted by Crippen LogP contribution is -2.25. The molecule has 0 unspecified atom stereocenters. The molecule has 0 aromatic carbocycles. The highest BCUT2D eigenvalue weighted by Gasteiger charge is 2.17. The molecule has 14 heavy (non-hydrogen) atoms. The standard InChI is InChI=1S/C11H18N2O/c12-7-3-4-8-13-11(14)9-10-5-1-2-6-10/h10H,1-6,8-9H2,(H,13,14). The number of nitriles is 1. The Morgan fingerprint density at radius 2 is 2.14 bits per heavy atom. The molecular weight excluding hydrogens is 176 g/mol. The van der Waals surface area contributed by atoms with Gasteiger partial charge in [0.25, 0.3) is 0 Å². The molecule has 0 spiro atoms. The van der Waals surface area contributed by atoms with Crippen LogP contribution in [0.5, 0.6) is 0 Å². The van der Waals surface area contributed by atoms with Crippen LogP contribution in [0.1, 0.15) is 44.9 Å². The van der Waals surface area contributed by atoms with Crippen molar-refractivity contribution in [3.8, 4) is 6.07 Å². The minimum absolute atomic E-state index is 0.162. The number of unbranched alkanes of at least 4 members (excludes halogenated alkanes) is 1. The molecule has 0 saturated heterocycles. The van der Waals surface area contributed by atoms with E-state index in [1.165, 1.54) is 25.7 Å². The van der Waals surface area contributed by atoms with Crippen LogP contribution in [0.2, 0.25) is 0 Å². The SMILES string of the molecule is N#CCCCNC(=O)CC1CCCC1. The van der Waals surface area contributed by atoms with Crippen LogP contribution < -0.4 is 5.32 Å². The van der Waals surface area contributed by atoms with Crippen LogP contribution in [0.25, 0.3) is 0 Å². The minimum atomic E-state index is 0.162. The Balaban J connectivity index is 2.01. The molecule has 0 radical (unpaired) electrons. The predicted molar refractivity (Wildman–Crippen MR) is 54.4 cm³/mol. The average Bonchev–Trinajstić information content (AvgIpc) is 2.65. The molecule has 1 N–H and O–H groups in total. The molecule has 1 aliphatic carbocycles. The molecule has 3 heteroatoms. The summed E-state index contributed by atoms with van der Waals surface area (Å²) in [4.78, 5) is 11.4. The fourth-order valence-electron chi connectivity index (χ4n) is 1.94. The van der Waals surface area contributed by atoms with E-state index < -0.39 is 0 Å². The highest BCUT2D eigenvalue weighted by molar-refractivity contribution is 5.76. The van der Waals surface area contributed by atoms with Gasteiger partial charge in [-0.25, -0.2) is 0 Å². The number of nitrogens with zero attached hydrogens (tertiary/aromatic N) is 1. The number of carbonyl (C=O) groups is 1. The van der Waals surface area contributed by atoms with Crippen LogP contribution in [0.3, 0.4) is 0 Å². The number of hydrogen-bond acceptors (Lipinski definition) is 2. The van der Waals surface area contributed by atoms with Crippen LogP contribution in [0.15, 0.2) is 0 Å². The van der Waals surface area contributed by atoms with Crippen molar-refractivity contribution >= 4 is 5.91 Å². The van der Waals surface area contributed by atoms with Crippen LogP contribution >= 0.6 is 0 Å². The van der Waals surface area contributed by atoms with Crippen molar-refractivity contribution in [1.82, 2.24) is 5.32 Å². The topological polar surface area (TPSA) is 52.9 Å². The second-order valence-corrected chi connectivity index (χ2v) is 3.97. The maximum Gasteiger partial charge on any atom is 0.220 e. The molecule has 1 amide bonds. The van der Waals surface area contributed by atoms with Crippen molar-refractivity contribution in [3.63, 3.8) is 0 Å². The quantitative estimate of drug-likeness (QED) is 0.680. The monoisotopic (exact) mass is 194 g/mol. The lowest BCUT2D eigenvalue weighted by Gasteiger charge is -2.08. The summed E-state index contributed by atoms with van der Waals surface area (Å²) in [6, 6.07) is 2.06. The van der Waals surface area contributed by atoms with E-state index >= 15 is 0 Å². The van der Waals surface area contributed by atoms with Crippen molar-refractivity contribution in [3.05, 3.63) is 0 Å². The number of rotatable bonds is 5. The number of carbonyl (C=O) groups excluding carboxylic acids is 1. The van der Waals surface area contributed by atoms with E-state index in [2.05, 4.69) is 11.4 Å². The summed E-state index contributed by atoms with van der Waals surface area (Å²) < 4.78 is 0. The lowest BCUT2D eigenvalue weighted by molar-refractivity contribution is -0.121. The van der Waals surface area contributed by atoms with Gasteiger partial charge in [-0.2, -0.15) is 5.26 Å². The fourth-order valence-corrected chi connectivity index (χ4v) is 1.94. The summed E-state index contributed by atoms with van der Waals surface area (Å²) in [5.74, 6) is 0.779. The van der Waals surface area contributed by atoms with Crippen molar-refractivity contribution < 1.29 is 4.79 Å². The van der Waals surface area contributed by atoms with Gasteiger partial charge in [-0.3, -0.25) is 4.79 Å². The number of amides is 1. The third-order valence-corrected chi connectivity index (χ3v) is 2.74. The van der Waals surface area contributed by atoms with Gasteiger partial charge in [-0.15, -0.1) is 0 Å². The first kappa shape index (κ1) is 11.0. The van der Waals surface area contributed by atoms with Crippen molar-refractivity contribution in [2.75, 3.05) is 6.54 Å². The van der Waals surface area contributed by atoms with Crippen molar-refractivity contribution in [2.45, 2.75) is 44.9 Å². The van der Waals surface area contributed by atoms with E-state index in [0.29, 0.717) is 25.3 Å². The van der Waals surface area contributed by atoms with Crippen LogP contribution in [-0.4, -0.2) is 12.5 Å². The van der Waals surface area contributed by atoms with E-state index in [-0.39, 0.29) is 5.91 Å². The molecule has 0 aromatic rings. The summed E-state index contributed by atoms with van der Waals surface area (Å²) in [5, 5.41) is 11.2. The fraction of sp³-hybridized carbons (Fsp3) is 0.818. The van der Waals surface area contributed by atoms with Gasteiger partial charge in [-0.1, -0.05) is 12.8 Å². The van der Waals surface area contributed by atoms with Crippen LogP contribution in [0, 0.1) is 17.2 Å². The summed E-state index contributed by atoms with van der Waals surface area (Å²) in [6.07, 6.45) is 6.99. The van der Waals surface area contributed by atoms with E-state index in [1.54, 1.807) is 0 Å². The average molecular weight is 194 g/mol. The number of hydrogen-bond donors (Lipinski definition) is 1. The van der Waals surface area contributed by atoms with Gasteiger partial charge in [0.05, 0.1) is 6.07 Å². The Bertz CT molecular complexity index is 214. The van der Waals surface area contributed by atoms with E-state index in [4.69, 9.17) is 5.26 Å². The Labute approximate surface area is 85.5 Å². The van der Waals surface area contributed by atoms with Gasteiger partial charge in [0.1, 0.15) is 0 Å². The Morgan fingerprint density at radius 1 is 1.43 bits per heavy atom. The van der Waals surface area contributed by atoms with Gasteiger partial charge in [-0.05, 0) is 25.2 Å². The minimum Gasteiger partial charge on any atom is -0.356 e. The molecule has 0 aromatic heterocycles. The van der Waals surface area contributed by atoms with E-state index in [0.717, 1.165) is 6.42 Å². The highest BCUT2D eigenvalue weighted by Crippen LogP contribution is 2.27. The molecule has 0 aliphatic heterocycles. The zero-order valence-corrected chi connectivity index (χ0v) is 8.59. The van der Waals surface area contributed by atoms with Crippen molar-refractivity contribution in [1.29, 1.82) is 5.26 Å². The van der Waals surface area contributed by atoms with Gasteiger partial charge >= 0.3 is 0 Å². The van der Waals surface area contributed by atoms with Crippen LogP contribution in [0.4, 0.5) is 0 Å². The summed E-state index contributed by atoms with van der Waals surface area (Å²) in [6.45, 7) is 0.652. The smallest absolute Gasteiger partial charge is 0.220 e. The largest absolute Gasteiger partial charge is 0.356 e. The van der Waals surface area contributed by atoms with Gasteiger partial charge < -0.3 is 5.32 Å². The predicted octanol–water partition coefficient (Wildman–Crippen LogP) is 1.99. The molecule has 0 bridgehead atoms. The highest BCUT2D eigenvalue weighted by atomic mass is 16.1. The summed E-state index contributed by atoms with van der Waals surface area (Å²) in [7, 11) is 0. The molecular formula is C11H18N2O. The third-order valence-electron chi connectivity index (χ3n) is 2.74. The summed E-state index contributed by atoms with van der Waals surface area (Å²) in [5.41, 5.74) is 0. The first-order valence-electron chi connectivity index (χ1n) is 5.46. The number of nitrogens with one attached hydrogen (secondary N) is 1. The maximum atomic E-state index is 11.4. The van der Waals surface area contributed by atoms with Crippen molar-refractivity contribution in [2.24, 2.45) is 5.92 Å². The van der Waals surface area contributed by atoms with E-state index in [1.807, 2.05) is 0 Å². The van der Waals surface area contributed by atoms with Gasteiger partial charge in [0.2, 0.25) is 5.91 Å². The molecule has 78 valence electrons. The van der Waals surface area contributed by atoms with Crippen LogP contribution in [-0.2, 0) is 4.79 Å². The molecule has 1 aliphatic rings. The molecule has 3 nitrogen and oxygen atoms in total. The summed E-state index contributed by atoms with van der Waals surface area (Å²) >= 11 is 0. The van der Waals surface area contributed by atoms with Gasteiger partial charge in [0, 0.05) is 19.4 Å². The first-order chi connectivity index (χ1) is 6.83. The first-order valence-corrected chi connectivity index (χ1v) is 5.46. The Hall–Kier alpha value is -1.04. The normalized spacial score (nSPS) is 16.5. The molecule has 0 heterocycles. The Kier molecular flexibility index (Phi) is 5.06. The maximum absolute atomic E-state index is 11.4. The second kappa shape index (κ2) is 6.42. The lowest BCUT2D eigenvalue weighted by atomic mass is 10.0.